The molecule has 0 aliphatic heterocycles. The highest BCUT2D eigenvalue weighted by atomic mass is 32.2. The van der Waals surface area contributed by atoms with Crippen molar-refractivity contribution in [2.45, 2.75) is 18.7 Å². The summed E-state index contributed by atoms with van der Waals surface area (Å²) in [5.41, 5.74) is 0. The summed E-state index contributed by atoms with van der Waals surface area (Å²) in [7, 11) is -3.33. The summed E-state index contributed by atoms with van der Waals surface area (Å²) < 4.78 is 27.2. The van der Waals surface area contributed by atoms with Crippen LogP contribution in [0.5, 0.6) is 0 Å². The molecule has 1 aromatic carbocycles. The van der Waals surface area contributed by atoms with Gasteiger partial charge >= 0.3 is 0 Å². The smallest absolute Gasteiger partial charge is 0.207 e. The topological polar surface area (TPSA) is 37.4 Å². The maximum Gasteiger partial charge on any atom is 0.243 e. The summed E-state index contributed by atoms with van der Waals surface area (Å²) in [4.78, 5) is 0.382. The molecule has 1 heterocycles. The number of benzene rings is 1. The largest absolute Gasteiger partial charge is 0.243 e. The van der Waals surface area contributed by atoms with E-state index in [1.165, 1.54) is 4.31 Å². The van der Waals surface area contributed by atoms with Gasteiger partial charge in [0.15, 0.2) is 0 Å². The Kier molecular flexibility index (Phi) is 3.51. The van der Waals surface area contributed by atoms with Crippen LogP contribution >= 0.6 is 11.3 Å². The van der Waals surface area contributed by atoms with Crippen molar-refractivity contribution in [3.63, 3.8) is 0 Å². The summed E-state index contributed by atoms with van der Waals surface area (Å²) in [6, 6.07) is 7.25. The maximum absolute atomic E-state index is 12.3. The molecule has 92 valence electrons. The van der Waals surface area contributed by atoms with E-state index < -0.39 is 10.0 Å². The Morgan fingerprint density at radius 1 is 1.18 bits per heavy atom. The molecule has 0 unspecified atom stereocenters. The lowest BCUT2D eigenvalue weighted by Gasteiger charge is -2.18. The first-order chi connectivity index (χ1) is 8.09. The number of rotatable bonds is 4. The zero-order valence-corrected chi connectivity index (χ0v) is 11.5. The van der Waals surface area contributed by atoms with Crippen LogP contribution in [0.15, 0.2) is 34.5 Å². The maximum atomic E-state index is 12.3. The zero-order chi connectivity index (χ0) is 12.5. The Bertz CT molecular complexity index is 612. The van der Waals surface area contributed by atoms with Gasteiger partial charge in [0.1, 0.15) is 0 Å². The third kappa shape index (κ3) is 2.22. The van der Waals surface area contributed by atoms with Gasteiger partial charge in [-0.1, -0.05) is 13.8 Å². The first-order valence-electron chi connectivity index (χ1n) is 5.57. The lowest BCUT2D eigenvalue weighted by molar-refractivity contribution is 0.445. The van der Waals surface area contributed by atoms with Gasteiger partial charge in [0.05, 0.1) is 4.90 Å². The van der Waals surface area contributed by atoms with Gasteiger partial charge in [-0.05, 0) is 35.0 Å². The average Bonchev–Trinajstić information content (AvgIpc) is 2.77. The summed E-state index contributed by atoms with van der Waals surface area (Å²) in [6.45, 7) is 4.70. The molecule has 0 N–H and O–H groups in total. The van der Waals surface area contributed by atoms with E-state index in [2.05, 4.69) is 0 Å². The van der Waals surface area contributed by atoms with Gasteiger partial charge in [-0.2, -0.15) is 4.31 Å². The van der Waals surface area contributed by atoms with Crippen LogP contribution in [0.1, 0.15) is 13.8 Å². The van der Waals surface area contributed by atoms with E-state index in [1.807, 2.05) is 31.4 Å². The number of nitrogens with zero attached hydrogens (tertiary/aromatic N) is 1. The van der Waals surface area contributed by atoms with Crippen LogP contribution in [0.3, 0.4) is 0 Å². The van der Waals surface area contributed by atoms with E-state index in [0.29, 0.717) is 18.0 Å². The van der Waals surface area contributed by atoms with E-state index >= 15 is 0 Å². The molecule has 5 heteroatoms. The van der Waals surface area contributed by atoms with E-state index in [1.54, 1.807) is 23.5 Å². The molecule has 0 amide bonds. The van der Waals surface area contributed by atoms with Crippen LogP contribution in [-0.4, -0.2) is 25.8 Å². The summed E-state index contributed by atoms with van der Waals surface area (Å²) in [5.74, 6) is 0. The molecule has 0 spiro atoms. The summed E-state index contributed by atoms with van der Waals surface area (Å²) >= 11 is 1.62. The molecule has 0 saturated heterocycles. The molecule has 2 rings (SSSR count). The van der Waals surface area contributed by atoms with Crippen molar-refractivity contribution in [1.82, 2.24) is 4.31 Å². The summed E-state index contributed by atoms with van der Waals surface area (Å²) in [6.07, 6.45) is 0. The minimum atomic E-state index is -3.33. The van der Waals surface area contributed by atoms with Gasteiger partial charge in [-0.3, -0.25) is 0 Å². The molecule has 0 fully saturated rings. The van der Waals surface area contributed by atoms with Crippen molar-refractivity contribution in [3.05, 3.63) is 29.6 Å². The molecular formula is C12H15NO2S2. The van der Waals surface area contributed by atoms with Crippen LogP contribution in [-0.2, 0) is 10.0 Å². The van der Waals surface area contributed by atoms with Crippen LogP contribution < -0.4 is 0 Å². The first kappa shape index (κ1) is 12.5. The molecule has 1 aromatic heterocycles. The Hall–Kier alpha value is -0.910. The third-order valence-corrected chi connectivity index (χ3v) is 5.71. The normalized spacial score (nSPS) is 12.4. The molecule has 0 radical (unpaired) electrons. The van der Waals surface area contributed by atoms with Crippen LogP contribution in [0.4, 0.5) is 0 Å². The molecule has 0 aliphatic carbocycles. The lowest BCUT2D eigenvalue weighted by atomic mass is 10.3. The van der Waals surface area contributed by atoms with Gasteiger partial charge in [-0.15, -0.1) is 11.3 Å². The molecule has 0 bridgehead atoms. The second-order valence-electron chi connectivity index (χ2n) is 3.71. The fourth-order valence-corrected chi connectivity index (χ4v) is 4.08. The predicted octanol–water partition coefficient (Wildman–Crippen LogP) is 2.93. The molecule has 0 atom stereocenters. The van der Waals surface area contributed by atoms with Gasteiger partial charge in [0.2, 0.25) is 10.0 Å². The Morgan fingerprint density at radius 3 is 2.53 bits per heavy atom. The van der Waals surface area contributed by atoms with Crippen molar-refractivity contribution < 1.29 is 8.42 Å². The molecular weight excluding hydrogens is 254 g/mol. The highest BCUT2D eigenvalue weighted by Gasteiger charge is 2.21. The highest BCUT2D eigenvalue weighted by Crippen LogP contribution is 2.25. The molecule has 0 aliphatic rings. The number of thiophene rings is 1. The van der Waals surface area contributed by atoms with E-state index in [9.17, 15) is 8.42 Å². The van der Waals surface area contributed by atoms with Gasteiger partial charge in [0.25, 0.3) is 0 Å². The van der Waals surface area contributed by atoms with Crippen LogP contribution in [0, 0.1) is 0 Å². The second kappa shape index (κ2) is 4.76. The average molecular weight is 269 g/mol. The van der Waals surface area contributed by atoms with Crippen molar-refractivity contribution in [1.29, 1.82) is 0 Å². The fourth-order valence-electron chi connectivity index (χ4n) is 1.82. The Morgan fingerprint density at radius 2 is 1.88 bits per heavy atom. The van der Waals surface area contributed by atoms with Gasteiger partial charge in [0, 0.05) is 17.8 Å². The number of hydrogen-bond acceptors (Lipinski definition) is 3. The fraction of sp³-hybridized carbons (Fsp3) is 0.333. The minimum Gasteiger partial charge on any atom is -0.207 e. The van der Waals surface area contributed by atoms with E-state index in [4.69, 9.17) is 0 Å². The van der Waals surface area contributed by atoms with Crippen molar-refractivity contribution in [3.8, 4) is 0 Å². The summed E-state index contributed by atoms with van der Waals surface area (Å²) in [5, 5.41) is 2.96. The zero-order valence-electron chi connectivity index (χ0n) is 9.88. The Balaban J connectivity index is 2.51. The number of sulfonamides is 1. The van der Waals surface area contributed by atoms with Gasteiger partial charge in [-0.25, -0.2) is 8.42 Å². The van der Waals surface area contributed by atoms with Crippen molar-refractivity contribution >= 4 is 31.4 Å². The minimum absolute atomic E-state index is 0.382. The number of hydrogen-bond donors (Lipinski definition) is 0. The van der Waals surface area contributed by atoms with Crippen molar-refractivity contribution in [2.75, 3.05) is 13.1 Å². The van der Waals surface area contributed by atoms with E-state index in [0.717, 1.165) is 10.1 Å². The van der Waals surface area contributed by atoms with Crippen LogP contribution in [0.2, 0.25) is 0 Å². The third-order valence-electron chi connectivity index (χ3n) is 2.77. The monoisotopic (exact) mass is 269 g/mol. The molecule has 3 nitrogen and oxygen atoms in total. The molecule has 0 saturated carbocycles. The molecule has 2 aromatic rings. The highest BCUT2D eigenvalue weighted by molar-refractivity contribution is 7.89. The van der Waals surface area contributed by atoms with E-state index in [-0.39, 0.29) is 0 Å². The van der Waals surface area contributed by atoms with Crippen molar-refractivity contribution in [2.24, 2.45) is 0 Å². The SMILES string of the molecule is CCN(CC)S(=O)(=O)c1ccc2sccc2c1. The first-order valence-corrected chi connectivity index (χ1v) is 7.89. The quantitative estimate of drug-likeness (QED) is 0.856. The second-order valence-corrected chi connectivity index (χ2v) is 6.60. The standard InChI is InChI=1S/C12H15NO2S2/c1-3-13(4-2)17(14,15)11-5-6-12-10(9-11)7-8-16-12/h5-9H,3-4H2,1-2H3. The van der Waals surface area contributed by atoms with Crippen LogP contribution in [0.25, 0.3) is 10.1 Å². The lowest BCUT2D eigenvalue weighted by Crippen LogP contribution is -2.30. The molecule has 17 heavy (non-hydrogen) atoms. The van der Waals surface area contributed by atoms with Gasteiger partial charge < -0.3 is 0 Å². The predicted molar refractivity (Wildman–Crippen MR) is 71.9 cm³/mol. The number of fused-ring (bicyclic) bond motifs is 1. The Labute approximate surface area is 106 Å².